The highest BCUT2D eigenvalue weighted by Crippen LogP contribution is 2.45. The lowest BCUT2D eigenvalue weighted by Gasteiger charge is -2.41. The van der Waals surface area contributed by atoms with E-state index in [2.05, 4.69) is 20.9 Å². The minimum Gasteiger partial charge on any atom is -0.579 e. The second-order valence-corrected chi connectivity index (χ2v) is 7.95. The summed E-state index contributed by atoms with van der Waals surface area (Å²) in [6.45, 7) is 0. The fourth-order valence-electron chi connectivity index (χ4n) is 2.24. The van der Waals surface area contributed by atoms with Crippen LogP contribution in [0.25, 0.3) is 0 Å². The third kappa shape index (κ3) is 3.14. The summed E-state index contributed by atoms with van der Waals surface area (Å²) in [5, 5.41) is 15.8. The van der Waals surface area contributed by atoms with Gasteiger partial charge in [-0.2, -0.15) is 4.99 Å². The van der Waals surface area contributed by atoms with E-state index in [9.17, 15) is 0 Å². The van der Waals surface area contributed by atoms with Crippen LogP contribution in [0.2, 0.25) is 0 Å². The molecule has 0 heterocycles. The van der Waals surface area contributed by atoms with Crippen LogP contribution in [0.3, 0.4) is 0 Å². The van der Waals surface area contributed by atoms with Crippen molar-refractivity contribution in [2.75, 3.05) is 0 Å². The van der Waals surface area contributed by atoms with E-state index in [-0.39, 0.29) is 5.84 Å². The summed E-state index contributed by atoms with van der Waals surface area (Å²) in [4.78, 5) is 3.90. The summed E-state index contributed by atoms with van der Waals surface area (Å²) in [5.74, 6) is -0.335. The van der Waals surface area contributed by atoms with Gasteiger partial charge < -0.3 is 5.11 Å². The van der Waals surface area contributed by atoms with Gasteiger partial charge in [0.15, 0.2) is 0 Å². The van der Waals surface area contributed by atoms with Crippen molar-refractivity contribution < 1.29 is 5.11 Å². The highest BCUT2D eigenvalue weighted by molar-refractivity contribution is 9.10. The van der Waals surface area contributed by atoms with Crippen molar-refractivity contribution in [2.24, 2.45) is 4.99 Å². The molecular formula is C13H13BrCl3N2O+. The first-order chi connectivity index (χ1) is 9.25. The molecule has 2 rings (SSSR count). The van der Waals surface area contributed by atoms with Crippen LogP contribution >= 0.6 is 50.7 Å². The fourth-order valence-corrected chi connectivity index (χ4v) is 2.63. The molecule has 0 aliphatic heterocycles. The maximum absolute atomic E-state index is 8.20. The van der Waals surface area contributed by atoms with Crippen molar-refractivity contribution in [1.82, 2.24) is 0 Å². The zero-order valence-electron chi connectivity index (χ0n) is 10.4. The van der Waals surface area contributed by atoms with Gasteiger partial charge in [0.2, 0.25) is 0 Å². The monoisotopic (exact) mass is 397 g/mol. The van der Waals surface area contributed by atoms with Crippen LogP contribution in [0.15, 0.2) is 33.7 Å². The molecule has 1 aromatic carbocycles. The second kappa shape index (κ2) is 5.84. The van der Waals surface area contributed by atoms with Crippen LogP contribution < -0.4 is 0 Å². The van der Waals surface area contributed by atoms with Gasteiger partial charge in [0.1, 0.15) is 5.84 Å². The van der Waals surface area contributed by atoms with Crippen molar-refractivity contribution in [1.29, 1.82) is 5.41 Å². The Morgan fingerprint density at radius 3 is 2.20 bits per heavy atom. The molecule has 1 aliphatic carbocycles. The predicted molar refractivity (Wildman–Crippen MR) is 88.7 cm³/mol. The summed E-state index contributed by atoms with van der Waals surface area (Å²) in [6, 6.07) is 7.80. The molecule has 7 heteroatoms. The molecule has 3 nitrogen and oxygen atoms in total. The Labute approximate surface area is 140 Å². The third-order valence-electron chi connectivity index (χ3n) is 3.55. The largest absolute Gasteiger partial charge is 0.579 e. The number of amidine groups is 1. The lowest BCUT2D eigenvalue weighted by atomic mass is 9.63. The van der Waals surface area contributed by atoms with Gasteiger partial charge in [-0.3, -0.25) is 5.41 Å². The molecule has 1 aromatic rings. The molecule has 0 atom stereocenters. The van der Waals surface area contributed by atoms with Gasteiger partial charge in [-0.25, -0.2) is 0 Å². The number of benzene rings is 1. The van der Waals surface area contributed by atoms with Crippen molar-refractivity contribution in [2.45, 2.75) is 28.5 Å². The van der Waals surface area contributed by atoms with Gasteiger partial charge in [0.25, 0.3) is 0 Å². The highest BCUT2D eigenvalue weighted by atomic mass is 79.9. The molecule has 0 aromatic heterocycles. The quantitative estimate of drug-likeness (QED) is 0.333. The highest BCUT2D eigenvalue weighted by Gasteiger charge is 2.45. The van der Waals surface area contributed by atoms with Gasteiger partial charge in [-0.1, -0.05) is 69.3 Å². The first kappa shape index (κ1) is 16.1. The van der Waals surface area contributed by atoms with Crippen LogP contribution in [0.1, 0.15) is 24.8 Å². The number of rotatable bonds is 2. The summed E-state index contributed by atoms with van der Waals surface area (Å²) in [6.07, 6.45) is 2.67. The molecule has 0 saturated heterocycles. The predicted octanol–water partition coefficient (Wildman–Crippen LogP) is 4.34. The molecular weight excluding hydrogens is 386 g/mol. The van der Waals surface area contributed by atoms with E-state index < -0.39 is 15.1 Å². The first-order valence-electron chi connectivity index (χ1n) is 5.98. The van der Waals surface area contributed by atoms with Crippen molar-refractivity contribution in [3.8, 4) is 0 Å². The van der Waals surface area contributed by atoms with E-state index >= 15 is 0 Å². The van der Waals surface area contributed by atoms with Crippen LogP contribution in [0.5, 0.6) is 0 Å². The van der Waals surface area contributed by atoms with E-state index in [1.807, 2.05) is 24.3 Å². The summed E-state index contributed by atoms with van der Waals surface area (Å²) in [5.41, 5.74) is 0.556. The maximum Gasteiger partial charge on any atom is 0.386 e. The SMILES string of the molecule is N=C(N=C([OH2+])C(Cl)(Cl)Cl)C1(c2ccc(Br)cc2)CCC1. The average molecular weight is 400 g/mol. The molecule has 0 radical (unpaired) electrons. The van der Waals surface area contributed by atoms with Crippen LogP contribution in [0, 0.1) is 5.41 Å². The van der Waals surface area contributed by atoms with Gasteiger partial charge >= 0.3 is 9.69 Å². The molecule has 1 aliphatic rings. The number of hydrogen-bond donors (Lipinski definition) is 1. The van der Waals surface area contributed by atoms with Crippen LogP contribution in [0.4, 0.5) is 0 Å². The Bertz CT molecular complexity index is 548. The average Bonchev–Trinajstić information content (AvgIpc) is 2.28. The Morgan fingerprint density at radius 1 is 1.25 bits per heavy atom. The second-order valence-electron chi connectivity index (χ2n) is 4.75. The fraction of sp³-hybridized carbons (Fsp3) is 0.385. The van der Waals surface area contributed by atoms with Crippen LogP contribution in [-0.2, 0) is 5.41 Å². The molecule has 0 amide bonds. The zero-order valence-corrected chi connectivity index (χ0v) is 14.2. The molecule has 108 valence electrons. The van der Waals surface area contributed by atoms with Crippen molar-refractivity contribution >= 4 is 62.5 Å². The van der Waals surface area contributed by atoms with E-state index in [0.29, 0.717) is 0 Å². The molecule has 0 unspecified atom stereocenters. The maximum atomic E-state index is 8.20. The Kier molecular flexibility index (Phi) is 4.69. The standard InChI is InChI=1S/C13H12BrCl3N2O/c14-9-4-2-8(3-5-9)12(6-1-7-12)10(18)19-11(20)13(15,16)17/h2-5H,1,6-7H2,(H2,18,19,20)/p+1. The topological polar surface area (TPSA) is 59.1 Å². The smallest absolute Gasteiger partial charge is 0.386 e. The van der Waals surface area contributed by atoms with Gasteiger partial charge in [0.05, 0.1) is 5.41 Å². The van der Waals surface area contributed by atoms with E-state index in [1.165, 1.54) is 0 Å². The van der Waals surface area contributed by atoms with Gasteiger partial charge in [-0.05, 0) is 30.5 Å². The lowest BCUT2D eigenvalue weighted by Crippen LogP contribution is -2.42. The molecule has 3 N–H and O–H groups in total. The van der Waals surface area contributed by atoms with E-state index in [4.69, 9.17) is 45.3 Å². The van der Waals surface area contributed by atoms with Crippen molar-refractivity contribution in [3.05, 3.63) is 34.3 Å². The van der Waals surface area contributed by atoms with Crippen molar-refractivity contribution in [3.63, 3.8) is 0 Å². The number of hydrogen-bond acceptors (Lipinski definition) is 1. The van der Waals surface area contributed by atoms with E-state index in [0.717, 1.165) is 29.3 Å². The third-order valence-corrected chi connectivity index (χ3v) is 4.62. The number of nitrogens with one attached hydrogen (secondary N) is 1. The van der Waals surface area contributed by atoms with Crippen LogP contribution in [-0.4, -0.2) is 20.6 Å². The number of aliphatic imine (C=N–C) groups is 1. The van der Waals surface area contributed by atoms with Gasteiger partial charge in [-0.15, -0.1) is 0 Å². The molecule has 1 saturated carbocycles. The van der Waals surface area contributed by atoms with Gasteiger partial charge in [0, 0.05) is 4.47 Å². The zero-order chi connectivity index (χ0) is 15.0. The molecule has 0 spiro atoms. The first-order valence-corrected chi connectivity index (χ1v) is 7.91. The minimum absolute atomic E-state index is 0.0856. The summed E-state index contributed by atoms with van der Waals surface area (Å²) < 4.78 is -0.912. The lowest BCUT2D eigenvalue weighted by molar-refractivity contribution is 0.336. The van der Waals surface area contributed by atoms with E-state index in [1.54, 1.807) is 0 Å². The number of halogens is 4. The normalized spacial score (nSPS) is 18.5. The number of alkyl halides is 3. The summed E-state index contributed by atoms with van der Waals surface area (Å²) in [7, 11) is 0. The molecule has 20 heavy (non-hydrogen) atoms. The minimum atomic E-state index is -1.89. The Hall–Kier alpha value is -0.290. The molecule has 1 fully saturated rings. The molecule has 0 bridgehead atoms. The summed E-state index contributed by atoms with van der Waals surface area (Å²) >= 11 is 20.2. The Balaban J connectivity index is 2.32. The number of nitrogens with zero attached hydrogens (tertiary/aromatic N) is 1. The Morgan fingerprint density at radius 2 is 1.80 bits per heavy atom.